The molecule has 0 atom stereocenters. The summed E-state index contributed by atoms with van der Waals surface area (Å²) >= 11 is 0. The predicted octanol–water partition coefficient (Wildman–Crippen LogP) is 2.98. The largest absolute Gasteiger partial charge is 0.491 e. The zero-order chi connectivity index (χ0) is 14.4. The topological polar surface area (TPSA) is 64.3 Å². The van der Waals surface area contributed by atoms with Gasteiger partial charge in [-0.1, -0.05) is 19.3 Å². The van der Waals surface area contributed by atoms with Crippen molar-refractivity contribution in [3.05, 3.63) is 23.8 Å². The fourth-order valence-corrected chi connectivity index (χ4v) is 2.65. The Morgan fingerprint density at radius 1 is 1.35 bits per heavy atom. The quantitative estimate of drug-likeness (QED) is 0.813. The number of benzene rings is 1. The van der Waals surface area contributed by atoms with Gasteiger partial charge in [0, 0.05) is 12.1 Å². The molecule has 1 aliphatic rings. The predicted molar refractivity (Wildman–Crippen MR) is 80.9 cm³/mol. The van der Waals surface area contributed by atoms with Gasteiger partial charge in [0.1, 0.15) is 5.75 Å². The number of carbonyl (C=O) groups excluding carboxylic acids is 1. The van der Waals surface area contributed by atoms with Crippen LogP contribution >= 0.6 is 0 Å². The van der Waals surface area contributed by atoms with Gasteiger partial charge in [0.2, 0.25) is 0 Å². The van der Waals surface area contributed by atoms with Crippen LogP contribution in [0.1, 0.15) is 49.4 Å². The molecular weight excluding hydrogens is 252 g/mol. The monoisotopic (exact) mass is 276 g/mol. The maximum Gasteiger partial charge on any atom is 0.251 e. The molecule has 1 aromatic rings. The lowest BCUT2D eigenvalue weighted by Crippen LogP contribution is -2.22. The summed E-state index contributed by atoms with van der Waals surface area (Å²) in [5.74, 6) is 1.23. The van der Waals surface area contributed by atoms with Crippen molar-refractivity contribution in [3.63, 3.8) is 0 Å². The van der Waals surface area contributed by atoms with E-state index in [1.54, 1.807) is 18.2 Å². The minimum atomic E-state index is -0.0990. The van der Waals surface area contributed by atoms with Gasteiger partial charge in [0.05, 0.1) is 12.3 Å². The standard InChI is InChI=1S/C16H24N2O2/c1-2-18-16(19)13-8-9-15(14(17)10-13)20-11-12-6-4-3-5-7-12/h8-10,12H,2-7,11,17H2,1H3,(H,18,19). The van der Waals surface area contributed by atoms with Crippen LogP contribution in [0.15, 0.2) is 18.2 Å². The Balaban J connectivity index is 1.93. The molecular formula is C16H24N2O2. The van der Waals surface area contributed by atoms with E-state index in [9.17, 15) is 4.79 Å². The summed E-state index contributed by atoms with van der Waals surface area (Å²) in [6, 6.07) is 5.24. The molecule has 0 heterocycles. The number of hydrogen-bond acceptors (Lipinski definition) is 3. The van der Waals surface area contributed by atoms with Gasteiger partial charge < -0.3 is 15.8 Å². The Hall–Kier alpha value is -1.71. The molecule has 0 radical (unpaired) electrons. The van der Waals surface area contributed by atoms with Crippen LogP contribution in [0.3, 0.4) is 0 Å². The van der Waals surface area contributed by atoms with Crippen LogP contribution in [0.25, 0.3) is 0 Å². The second-order valence-electron chi connectivity index (χ2n) is 5.43. The zero-order valence-corrected chi connectivity index (χ0v) is 12.2. The maximum atomic E-state index is 11.7. The van der Waals surface area contributed by atoms with E-state index in [2.05, 4.69) is 5.32 Å². The average molecular weight is 276 g/mol. The second kappa shape index (κ2) is 7.17. The molecule has 0 saturated heterocycles. The van der Waals surface area contributed by atoms with E-state index in [1.807, 2.05) is 6.92 Å². The van der Waals surface area contributed by atoms with Crippen LogP contribution in [0.2, 0.25) is 0 Å². The van der Waals surface area contributed by atoms with Crippen LogP contribution < -0.4 is 15.8 Å². The maximum absolute atomic E-state index is 11.7. The van der Waals surface area contributed by atoms with E-state index in [0.717, 1.165) is 6.61 Å². The van der Waals surface area contributed by atoms with Crippen molar-refractivity contribution in [3.8, 4) is 5.75 Å². The Morgan fingerprint density at radius 3 is 2.75 bits per heavy atom. The molecule has 3 N–H and O–H groups in total. The molecule has 110 valence electrons. The van der Waals surface area contributed by atoms with Crippen LogP contribution in [-0.2, 0) is 0 Å². The zero-order valence-electron chi connectivity index (χ0n) is 12.2. The van der Waals surface area contributed by atoms with Crippen molar-refractivity contribution < 1.29 is 9.53 Å². The van der Waals surface area contributed by atoms with Crippen LogP contribution in [-0.4, -0.2) is 19.1 Å². The Bertz CT molecular complexity index is 454. The molecule has 2 rings (SSSR count). The lowest BCUT2D eigenvalue weighted by Gasteiger charge is -2.22. The third kappa shape index (κ3) is 3.89. The number of anilines is 1. The second-order valence-corrected chi connectivity index (χ2v) is 5.43. The Morgan fingerprint density at radius 2 is 2.10 bits per heavy atom. The highest BCUT2D eigenvalue weighted by Crippen LogP contribution is 2.27. The molecule has 1 saturated carbocycles. The lowest BCUT2D eigenvalue weighted by molar-refractivity contribution is 0.0956. The van der Waals surface area contributed by atoms with Gasteiger partial charge in [-0.25, -0.2) is 0 Å². The molecule has 0 aliphatic heterocycles. The summed E-state index contributed by atoms with van der Waals surface area (Å²) in [5, 5.41) is 2.76. The van der Waals surface area contributed by atoms with Crippen molar-refractivity contribution >= 4 is 11.6 Å². The molecule has 0 aromatic heterocycles. The minimum absolute atomic E-state index is 0.0990. The highest BCUT2D eigenvalue weighted by molar-refractivity contribution is 5.95. The number of nitrogens with two attached hydrogens (primary N) is 1. The highest BCUT2D eigenvalue weighted by Gasteiger charge is 2.15. The van der Waals surface area contributed by atoms with Crippen LogP contribution in [0.4, 0.5) is 5.69 Å². The van der Waals surface area contributed by atoms with Crippen molar-refractivity contribution in [2.45, 2.75) is 39.0 Å². The summed E-state index contributed by atoms with van der Waals surface area (Å²) < 4.78 is 5.81. The van der Waals surface area contributed by atoms with Gasteiger partial charge in [-0.05, 0) is 43.9 Å². The van der Waals surface area contributed by atoms with E-state index in [0.29, 0.717) is 29.5 Å². The van der Waals surface area contributed by atoms with Gasteiger partial charge in [0.15, 0.2) is 0 Å². The van der Waals surface area contributed by atoms with Crippen molar-refractivity contribution in [2.75, 3.05) is 18.9 Å². The number of rotatable bonds is 5. The molecule has 0 unspecified atom stereocenters. The summed E-state index contributed by atoms with van der Waals surface area (Å²) in [4.78, 5) is 11.7. The number of nitrogens with one attached hydrogen (secondary N) is 1. The lowest BCUT2D eigenvalue weighted by atomic mass is 9.90. The first-order valence-electron chi connectivity index (χ1n) is 7.51. The number of amides is 1. The normalized spacial score (nSPS) is 15.8. The molecule has 0 bridgehead atoms. The first kappa shape index (κ1) is 14.7. The van der Waals surface area contributed by atoms with E-state index in [-0.39, 0.29) is 5.91 Å². The van der Waals surface area contributed by atoms with E-state index in [1.165, 1.54) is 32.1 Å². The van der Waals surface area contributed by atoms with Crippen LogP contribution in [0, 0.1) is 5.92 Å². The summed E-state index contributed by atoms with van der Waals surface area (Å²) in [6.45, 7) is 3.23. The molecule has 0 spiro atoms. The number of hydrogen-bond donors (Lipinski definition) is 2. The molecule has 1 aromatic carbocycles. The van der Waals surface area contributed by atoms with Gasteiger partial charge in [0.25, 0.3) is 5.91 Å². The first-order valence-corrected chi connectivity index (χ1v) is 7.51. The third-order valence-electron chi connectivity index (χ3n) is 3.81. The molecule has 4 heteroatoms. The number of carbonyl (C=O) groups is 1. The van der Waals surface area contributed by atoms with Crippen LogP contribution in [0.5, 0.6) is 5.75 Å². The fraction of sp³-hybridized carbons (Fsp3) is 0.562. The van der Waals surface area contributed by atoms with E-state index in [4.69, 9.17) is 10.5 Å². The smallest absolute Gasteiger partial charge is 0.251 e. The van der Waals surface area contributed by atoms with Crippen molar-refractivity contribution in [1.82, 2.24) is 5.32 Å². The molecule has 1 amide bonds. The first-order chi connectivity index (χ1) is 9.70. The SMILES string of the molecule is CCNC(=O)c1ccc(OCC2CCCCC2)c(N)c1. The Labute approximate surface area is 120 Å². The Kier molecular flexibility index (Phi) is 5.27. The highest BCUT2D eigenvalue weighted by atomic mass is 16.5. The van der Waals surface area contributed by atoms with Gasteiger partial charge >= 0.3 is 0 Å². The van der Waals surface area contributed by atoms with Crippen molar-refractivity contribution in [1.29, 1.82) is 0 Å². The summed E-state index contributed by atoms with van der Waals surface area (Å²) in [7, 11) is 0. The third-order valence-corrected chi connectivity index (χ3v) is 3.81. The summed E-state index contributed by atoms with van der Waals surface area (Å²) in [5.41, 5.74) is 7.08. The minimum Gasteiger partial charge on any atom is -0.491 e. The molecule has 1 fully saturated rings. The van der Waals surface area contributed by atoms with Gasteiger partial charge in [-0.15, -0.1) is 0 Å². The van der Waals surface area contributed by atoms with E-state index >= 15 is 0 Å². The van der Waals surface area contributed by atoms with Gasteiger partial charge in [-0.2, -0.15) is 0 Å². The molecule has 20 heavy (non-hydrogen) atoms. The summed E-state index contributed by atoms with van der Waals surface area (Å²) in [6.07, 6.45) is 6.45. The van der Waals surface area contributed by atoms with Crippen molar-refractivity contribution in [2.24, 2.45) is 5.92 Å². The van der Waals surface area contributed by atoms with E-state index < -0.39 is 0 Å². The molecule has 4 nitrogen and oxygen atoms in total. The fourth-order valence-electron chi connectivity index (χ4n) is 2.65. The molecule has 1 aliphatic carbocycles. The number of nitrogen functional groups attached to an aromatic ring is 1. The number of ether oxygens (including phenoxy) is 1. The average Bonchev–Trinajstić information content (AvgIpc) is 2.47. The van der Waals surface area contributed by atoms with Gasteiger partial charge in [-0.3, -0.25) is 4.79 Å².